The molecule has 0 unspecified atom stereocenters. The monoisotopic (exact) mass is 426 g/mol. The third-order valence-electron chi connectivity index (χ3n) is 4.92. The lowest BCUT2D eigenvalue weighted by atomic mass is 10.1. The molecule has 5 heteroatoms. The average molecular weight is 427 g/mol. The van der Waals surface area contributed by atoms with Gasteiger partial charge in [-0.15, -0.1) is 0 Å². The van der Waals surface area contributed by atoms with E-state index in [1.165, 1.54) is 5.56 Å². The van der Waals surface area contributed by atoms with Crippen molar-refractivity contribution in [2.75, 3.05) is 13.7 Å². The second-order valence-corrected chi connectivity index (χ2v) is 7.35. The zero-order valence-electron chi connectivity index (χ0n) is 18.3. The van der Waals surface area contributed by atoms with Crippen LogP contribution in [-0.4, -0.2) is 19.6 Å². The van der Waals surface area contributed by atoms with E-state index < -0.39 is 5.91 Å². The molecule has 0 fully saturated rings. The van der Waals surface area contributed by atoms with E-state index >= 15 is 0 Å². The molecular weight excluding hydrogens is 400 g/mol. The van der Waals surface area contributed by atoms with E-state index in [1.54, 1.807) is 31.4 Å². The first-order chi connectivity index (χ1) is 15.6. The van der Waals surface area contributed by atoms with Gasteiger partial charge in [-0.2, -0.15) is 5.26 Å². The number of ether oxygens (including phenoxy) is 2. The highest BCUT2D eigenvalue weighted by Gasteiger charge is 2.11. The van der Waals surface area contributed by atoms with Crippen LogP contribution in [0.1, 0.15) is 22.3 Å². The van der Waals surface area contributed by atoms with Gasteiger partial charge in [-0.1, -0.05) is 66.2 Å². The minimum atomic E-state index is -0.401. The number of methoxy groups -OCH3 is 1. The predicted octanol–water partition coefficient (Wildman–Crippen LogP) is 4.85. The number of carbonyl (C=O) groups is 1. The number of hydrogen-bond acceptors (Lipinski definition) is 4. The van der Waals surface area contributed by atoms with Crippen LogP contribution in [0.3, 0.4) is 0 Å². The minimum absolute atomic E-state index is 0.0356. The first-order valence-corrected chi connectivity index (χ1v) is 10.4. The number of nitrogens with one attached hydrogen (secondary N) is 1. The van der Waals surface area contributed by atoms with E-state index in [1.807, 2.05) is 67.6 Å². The average Bonchev–Trinajstić information content (AvgIpc) is 2.83. The molecule has 0 radical (unpaired) electrons. The van der Waals surface area contributed by atoms with Gasteiger partial charge >= 0.3 is 0 Å². The van der Waals surface area contributed by atoms with Gasteiger partial charge in [0.25, 0.3) is 5.91 Å². The van der Waals surface area contributed by atoms with Crippen LogP contribution in [0, 0.1) is 18.3 Å². The number of amides is 1. The van der Waals surface area contributed by atoms with Crippen LogP contribution in [0.4, 0.5) is 0 Å². The normalized spacial score (nSPS) is 10.8. The lowest BCUT2D eigenvalue weighted by Crippen LogP contribution is -2.26. The lowest BCUT2D eigenvalue weighted by molar-refractivity contribution is -0.117. The molecular formula is C27H26N2O3. The summed E-state index contributed by atoms with van der Waals surface area (Å²) in [6, 6.07) is 25.3. The second-order valence-electron chi connectivity index (χ2n) is 7.35. The fraction of sp³-hybridized carbons (Fsp3) is 0.185. The molecule has 0 bridgehead atoms. The number of aryl methyl sites for hydroxylation is 1. The zero-order valence-corrected chi connectivity index (χ0v) is 18.3. The Bertz CT molecular complexity index is 1110. The van der Waals surface area contributed by atoms with Crippen LogP contribution in [0.25, 0.3) is 6.08 Å². The largest absolute Gasteiger partial charge is 0.493 e. The highest BCUT2D eigenvalue weighted by molar-refractivity contribution is 6.01. The van der Waals surface area contributed by atoms with Crippen LogP contribution in [0.2, 0.25) is 0 Å². The van der Waals surface area contributed by atoms with Gasteiger partial charge in [0.15, 0.2) is 11.5 Å². The standard InChI is InChI=1S/C27H26N2O3/c1-20-8-10-22(11-9-20)19-32-25-13-12-23(17-26(25)31-2)16-24(18-28)27(30)29-15-14-21-6-4-3-5-7-21/h3-13,16-17H,14-15,19H2,1-2H3,(H,29,30)/b24-16-. The van der Waals surface area contributed by atoms with E-state index in [0.717, 1.165) is 11.1 Å². The van der Waals surface area contributed by atoms with Crippen LogP contribution in [0.15, 0.2) is 78.4 Å². The molecule has 3 aromatic carbocycles. The first-order valence-electron chi connectivity index (χ1n) is 10.4. The molecule has 0 aliphatic carbocycles. The lowest BCUT2D eigenvalue weighted by Gasteiger charge is -2.12. The molecule has 1 N–H and O–H groups in total. The quantitative estimate of drug-likeness (QED) is 0.392. The third-order valence-corrected chi connectivity index (χ3v) is 4.92. The number of hydrogen-bond donors (Lipinski definition) is 1. The van der Waals surface area contributed by atoms with E-state index in [9.17, 15) is 10.1 Å². The summed E-state index contributed by atoms with van der Waals surface area (Å²) in [4.78, 5) is 12.4. The molecule has 0 saturated carbocycles. The molecule has 0 aromatic heterocycles. The topological polar surface area (TPSA) is 71.3 Å². The molecule has 0 saturated heterocycles. The molecule has 162 valence electrons. The van der Waals surface area contributed by atoms with E-state index in [4.69, 9.17) is 9.47 Å². The summed E-state index contributed by atoms with van der Waals surface area (Å²) in [6.07, 6.45) is 2.25. The molecule has 5 nitrogen and oxygen atoms in total. The first kappa shape index (κ1) is 22.6. The van der Waals surface area contributed by atoms with Crippen LogP contribution < -0.4 is 14.8 Å². The highest BCUT2D eigenvalue weighted by atomic mass is 16.5. The van der Waals surface area contributed by atoms with Gasteiger partial charge in [0.05, 0.1) is 7.11 Å². The maximum absolute atomic E-state index is 12.4. The SMILES string of the molecule is COc1cc(/C=C(/C#N)C(=O)NCCc2ccccc2)ccc1OCc1ccc(C)cc1. The Hall–Kier alpha value is -4.04. The van der Waals surface area contributed by atoms with Gasteiger partial charge in [-0.25, -0.2) is 0 Å². The molecule has 1 amide bonds. The molecule has 0 spiro atoms. The van der Waals surface area contributed by atoms with Crippen LogP contribution in [0.5, 0.6) is 11.5 Å². The molecule has 32 heavy (non-hydrogen) atoms. The maximum Gasteiger partial charge on any atom is 0.261 e. The van der Waals surface area contributed by atoms with E-state index in [-0.39, 0.29) is 5.57 Å². The van der Waals surface area contributed by atoms with Crippen molar-refractivity contribution >= 4 is 12.0 Å². The van der Waals surface area contributed by atoms with Crippen molar-refractivity contribution in [1.82, 2.24) is 5.32 Å². The summed E-state index contributed by atoms with van der Waals surface area (Å²) in [5.74, 6) is 0.728. The summed E-state index contributed by atoms with van der Waals surface area (Å²) < 4.78 is 11.3. The van der Waals surface area contributed by atoms with Crippen molar-refractivity contribution in [3.05, 3.63) is 101 Å². The minimum Gasteiger partial charge on any atom is -0.493 e. The maximum atomic E-state index is 12.4. The Balaban J connectivity index is 1.64. The molecule has 0 aliphatic heterocycles. The van der Waals surface area contributed by atoms with Crippen molar-refractivity contribution in [2.24, 2.45) is 0 Å². The van der Waals surface area contributed by atoms with Gasteiger partial charge < -0.3 is 14.8 Å². The highest BCUT2D eigenvalue weighted by Crippen LogP contribution is 2.29. The Morgan fingerprint density at radius 1 is 1.00 bits per heavy atom. The van der Waals surface area contributed by atoms with Gasteiger partial charge in [0, 0.05) is 6.54 Å². The summed E-state index contributed by atoms with van der Waals surface area (Å²) in [6.45, 7) is 2.91. The molecule has 3 aromatic rings. The Kier molecular flexibility index (Phi) is 8.05. The van der Waals surface area contributed by atoms with Crippen molar-refractivity contribution in [3.63, 3.8) is 0 Å². The molecule has 0 heterocycles. The predicted molar refractivity (Wildman–Crippen MR) is 125 cm³/mol. The Labute approximate surface area is 188 Å². The smallest absolute Gasteiger partial charge is 0.261 e. The number of nitriles is 1. The molecule has 0 atom stereocenters. The number of rotatable bonds is 9. The molecule has 3 rings (SSSR count). The number of benzene rings is 3. The van der Waals surface area contributed by atoms with Crippen molar-refractivity contribution in [1.29, 1.82) is 5.26 Å². The zero-order chi connectivity index (χ0) is 22.8. The van der Waals surface area contributed by atoms with Gasteiger partial charge in [-0.05, 0) is 48.2 Å². The third kappa shape index (κ3) is 6.48. The van der Waals surface area contributed by atoms with Gasteiger partial charge in [-0.3, -0.25) is 4.79 Å². The van der Waals surface area contributed by atoms with Crippen LogP contribution in [-0.2, 0) is 17.8 Å². The second kappa shape index (κ2) is 11.4. The van der Waals surface area contributed by atoms with Gasteiger partial charge in [0.2, 0.25) is 0 Å². The number of nitrogens with zero attached hydrogens (tertiary/aromatic N) is 1. The fourth-order valence-corrected chi connectivity index (χ4v) is 3.11. The summed E-state index contributed by atoms with van der Waals surface area (Å²) >= 11 is 0. The molecule has 0 aliphatic rings. The van der Waals surface area contributed by atoms with Crippen molar-refractivity contribution in [3.8, 4) is 17.6 Å². The van der Waals surface area contributed by atoms with E-state index in [0.29, 0.717) is 36.6 Å². The van der Waals surface area contributed by atoms with Gasteiger partial charge in [0.1, 0.15) is 18.2 Å². The summed E-state index contributed by atoms with van der Waals surface area (Å²) in [5.41, 5.74) is 4.09. The Morgan fingerprint density at radius 2 is 1.75 bits per heavy atom. The fourth-order valence-electron chi connectivity index (χ4n) is 3.11. The van der Waals surface area contributed by atoms with E-state index in [2.05, 4.69) is 5.32 Å². The Morgan fingerprint density at radius 3 is 2.44 bits per heavy atom. The van der Waals surface area contributed by atoms with Crippen LogP contribution >= 0.6 is 0 Å². The summed E-state index contributed by atoms with van der Waals surface area (Å²) in [5, 5.41) is 12.2. The van der Waals surface area contributed by atoms with Crippen molar-refractivity contribution in [2.45, 2.75) is 20.0 Å². The summed E-state index contributed by atoms with van der Waals surface area (Å²) in [7, 11) is 1.56. The van der Waals surface area contributed by atoms with Crippen molar-refractivity contribution < 1.29 is 14.3 Å². The number of carbonyl (C=O) groups excluding carboxylic acids is 1.